The summed E-state index contributed by atoms with van der Waals surface area (Å²) in [5.74, 6) is -0.705. The third kappa shape index (κ3) is 3.43. The largest absolute Gasteiger partial charge is 0.467 e. The number of methoxy groups -OCH3 is 2. The van der Waals surface area contributed by atoms with Crippen molar-refractivity contribution in [3.8, 4) is 0 Å². The van der Waals surface area contributed by atoms with Gasteiger partial charge in [0, 0.05) is 20.1 Å². The number of amides is 1. The topological polar surface area (TPSA) is 76.1 Å². The van der Waals surface area contributed by atoms with Crippen LogP contribution in [0.25, 0.3) is 0 Å². The second kappa shape index (κ2) is 5.67. The van der Waals surface area contributed by atoms with Crippen molar-refractivity contribution in [1.82, 2.24) is 4.90 Å². The summed E-state index contributed by atoms with van der Waals surface area (Å²) in [6, 6.07) is -0.690. The van der Waals surface area contributed by atoms with E-state index in [1.165, 1.54) is 19.1 Å². The van der Waals surface area contributed by atoms with Crippen molar-refractivity contribution in [1.29, 1.82) is 0 Å². The lowest BCUT2D eigenvalue weighted by Gasteiger charge is -2.28. The van der Waals surface area contributed by atoms with Gasteiger partial charge in [-0.2, -0.15) is 0 Å². The lowest BCUT2D eigenvalue weighted by Crippen LogP contribution is -2.44. The van der Waals surface area contributed by atoms with E-state index < -0.39 is 23.7 Å². The van der Waals surface area contributed by atoms with Crippen LogP contribution in [0.3, 0.4) is 0 Å². The molecule has 1 aliphatic heterocycles. The van der Waals surface area contributed by atoms with E-state index in [9.17, 15) is 14.7 Å². The summed E-state index contributed by atoms with van der Waals surface area (Å²) in [4.78, 5) is 25.0. The van der Waals surface area contributed by atoms with Gasteiger partial charge in [-0.15, -0.1) is 0 Å². The Morgan fingerprint density at radius 1 is 1.39 bits per heavy atom. The van der Waals surface area contributed by atoms with Crippen molar-refractivity contribution in [2.45, 2.75) is 44.4 Å². The molecule has 1 rings (SSSR count). The standard InChI is InChI=1S/C12H21NO5/c1-12(2,18-4)6-10(15)13-7-8(14)5-9(13)11(16)17-3/h8-9,14H,5-7H2,1-4H3. The summed E-state index contributed by atoms with van der Waals surface area (Å²) >= 11 is 0. The molecule has 1 aliphatic rings. The van der Waals surface area contributed by atoms with Crippen LogP contribution in [0.5, 0.6) is 0 Å². The second-order valence-corrected chi connectivity index (χ2v) is 5.12. The average molecular weight is 259 g/mol. The molecule has 2 unspecified atom stereocenters. The van der Waals surface area contributed by atoms with E-state index in [0.29, 0.717) is 0 Å². The van der Waals surface area contributed by atoms with E-state index in [2.05, 4.69) is 4.74 Å². The number of ether oxygens (including phenoxy) is 2. The van der Waals surface area contributed by atoms with Gasteiger partial charge in [0.2, 0.25) is 5.91 Å². The SMILES string of the molecule is COC(=O)C1CC(O)CN1C(=O)CC(C)(C)OC. The Morgan fingerprint density at radius 3 is 2.50 bits per heavy atom. The van der Waals surface area contributed by atoms with Crippen molar-refractivity contribution in [2.24, 2.45) is 0 Å². The fraction of sp³-hybridized carbons (Fsp3) is 0.833. The van der Waals surface area contributed by atoms with Crippen molar-refractivity contribution in [2.75, 3.05) is 20.8 Å². The van der Waals surface area contributed by atoms with Gasteiger partial charge in [-0.3, -0.25) is 4.79 Å². The highest BCUT2D eigenvalue weighted by atomic mass is 16.5. The van der Waals surface area contributed by atoms with Gasteiger partial charge in [0.1, 0.15) is 6.04 Å². The Morgan fingerprint density at radius 2 is 2.00 bits per heavy atom. The number of aliphatic hydroxyl groups excluding tert-OH is 1. The first kappa shape index (κ1) is 14.9. The third-order valence-corrected chi connectivity index (χ3v) is 3.20. The van der Waals surface area contributed by atoms with Crippen LogP contribution in [-0.4, -0.2) is 60.4 Å². The van der Waals surface area contributed by atoms with E-state index >= 15 is 0 Å². The normalized spacial score (nSPS) is 24.2. The number of β-amino-alcohol motifs (C(OH)–C–C–N with tert-alkyl or cyclic N) is 1. The van der Waals surface area contributed by atoms with E-state index in [4.69, 9.17) is 4.74 Å². The molecule has 1 fully saturated rings. The molecule has 2 atom stereocenters. The Hall–Kier alpha value is -1.14. The van der Waals surface area contributed by atoms with Crippen molar-refractivity contribution < 1.29 is 24.2 Å². The van der Waals surface area contributed by atoms with Gasteiger partial charge in [0.25, 0.3) is 0 Å². The van der Waals surface area contributed by atoms with E-state index in [-0.39, 0.29) is 25.3 Å². The monoisotopic (exact) mass is 259 g/mol. The molecule has 0 aromatic heterocycles. The van der Waals surface area contributed by atoms with Gasteiger partial charge in [0.05, 0.1) is 25.2 Å². The zero-order valence-electron chi connectivity index (χ0n) is 11.3. The predicted molar refractivity (Wildman–Crippen MR) is 63.8 cm³/mol. The number of carbonyl (C=O) groups excluding carboxylic acids is 2. The van der Waals surface area contributed by atoms with E-state index in [1.807, 2.05) is 0 Å². The first-order valence-electron chi connectivity index (χ1n) is 5.91. The van der Waals surface area contributed by atoms with Crippen LogP contribution < -0.4 is 0 Å². The number of rotatable bonds is 4. The quantitative estimate of drug-likeness (QED) is 0.716. The molecule has 1 N–H and O–H groups in total. The number of hydrogen-bond acceptors (Lipinski definition) is 5. The first-order chi connectivity index (χ1) is 8.30. The van der Waals surface area contributed by atoms with Gasteiger partial charge in [0.15, 0.2) is 0 Å². The maximum Gasteiger partial charge on any atom is 0.328 e. The number of esters is 1. The first-order valence-corrected chi connectivity index (χ1v) is 5.91. The maximum absolute atomic E-state index is 12.1. The van der Waals surface area contributed by atoms with E-state index in [0.717, 1.165) is 0 Å². The highest BCUT2D eigenvalue weighted by Gasteiger charge is 2.40. The van der Waals surface area contributed by atoms with Crippen LogP contribution in [0.15, 0.2) is 0 Å². The van der Waals surface area contributed by atoms with Gasteiger partial charge in [-0.25, -0.2) is 4.79 Å². The zero-order chi connectivity index (χ0) is 13.9. The molecule has 0 aliphatic carbocycles. The fourth-order valence-electron chi connectivity index (χ4n) is 1.99. The molecule has 1 heterocycles. The van der Waals surface area contributed by atoms with Gasteiger partial charge in [-0.1, -0.05) is 0 Å². The molecule has 1 saturated heterocycles. The van der Waals surface area contributed by atoms with Crippen molar-refractivity contribution >= 4 is 11.9 Å². The molecule has 0 bridgehead atoms. The predicted octanol–water partition coefficient (Wildman–Crippen LogP) is -0.0637. The van der Waals surface area contributed by atoms with E-state index in [1.54, 1.807) is 13.8 Å². The van der Waals surface area contributed by atoms with Crippen LogP contribution >= 0.6 is 0 Å². The fourth-order valence-corrected chi connectivity index (χ4v) is 1.99. The Labute approximate surface area is 107 Å². The van der Waals surface area contributed by atoms with Crippen molar-refractivity contribution in [3.63, 3.8) is 0 Å². The molecule has 0 aromatic rings. The minimum Gasteiger partial charge on any atom is -0.467 e. The van der Waals surface area contributed by atoms with Gasteiger partial charge >= 0.3 is 5.97 Å². The Balaban J connectivity index is 2.74. The van der Waals surface area contributed by atoms with Gasteiger partial charge in [-0.05, 0) is 13.8 Å². The Bertz CT molecular complexity index is 328. The number of hydrogen-bond donors (Lipinski definition) is 1. The molecule has 18 heavy (non-hydrogen) atoms. The summed E-state index contributed by atoms with van der Waals surface area (Å²) in [6.07, 6.45) is -0.293. The molecule has 0 saturated carbocycles. The van der Waals surface area contributed by atoms with Crippen LogP contribution in [-0.2, 0) is 19.1 Å². The molecule has 0 radical (unpaired) electrons. The molecule has 104 valence electrons. The number of carbonyl (C=O) groups is 2. The summed E-state index contributed by atoms with van der Waals surface area (Å²) in [5.41, 5.74) is -0.592. The minimum atomic E-state index is -0.690. The highest BCUT2D eigenvalue weighted by Crippen LogP contribution is 2.23. The zero-order valence-corrected chi connectivity index (χ0v) is 11.3. The lowest BCUT2D eigenvalue weighted by molar-refractivity contribution is -0.152. The third-order valence-electron chi connectivity index (χ3n) is 3.20. The molecule has 6 heteroatoms. The number of likely N-dealkylation sites (tertiary alicyclic amines) is 1. The molecule has 6 nitrogen and oxygen atoms in total. The molecule has 1 amide bonds. The second-order valence-electron chi connectivity index (χ2n) is 5.12. The Kier molecular flexibility index (Phi) is 4.70. The molecule has 0 aromatic carbocycles. The van der Waals surface area contributed by atoms with Crippen LogP contribution in [0.1, 0.15) is 26.7 Å². The number of nitrogens with zero attached hydrogens (tertiary/aromatic N) is 1. The van der Waals surface area contributed by atoms with Crippen LogP contribution in [0.2, 0.25) is 0 Å². The summed E-state index contributed by atoms with van der Waals surface area (Å²) < 4.78 is 9.83. The van der Waals surface area contributed by atoms with Crippen molar-refractivity contribution in [3.05, 3.63) is 0 Å². The lowest BCUT2D eigenvalue weighted by atomic mass is 10.0. The van der Waals surface area contributed by atoms with Crippen LogP contribution in [0.4, 0.5) is 0 Å². The summed E-state index contributed by atoms with van der Waals surface area (Å²) in [6.45, 7) is 3.76. The molecular formula is C12H21NO5. The molecule has 0 spiro atoms. The minimum absolute atomic E-state index is 0.156. The van der Waals surface area contributed by atoms with Gasteiger partial charge < -0.3 is 19.5 Å². The van der Waals surface area contributed by atoms with Crippen LogP contribution in [0, 0.1) is 0 Å². The maximum atomic E-state index is 12.1. The molecular weight excluding hydrogens is 238 g/mol. The average Bonchev–Trinajstić information content (AvgIpc) is 2.70. The number of aliphatic hydroxyl groups is 1. The highest BCUT2D eigenvalue weighted by molar-refractivity contribution is 5.85. The summed E-state index contributed by atoms with van der Waals surface area (Å²) in [7, 11) is 2.80. The summed E-state index contributed by atoms with van der Waals surface area (Å²) in [5, 5.41) is 9.59. The smallest absolute Gasteiger partial charge is 0.328 e.